The van der Waals surface area contributed by atoms with E-state index in [1.54, 1.807) is 37.6 Å². The Morgan fingerprint density at radius 2 is 1.86 bits per heavy atom. The molecule has 4 rings (SSSR count). The molecule has 0 atom stereocenters. The fourth-order valence-corrected chi connectivity index (χ4v) is 4.22. The lowest BCUT2D eigenvalue weighted by molar-refractivity contribution is -0.117. The second kappa shape index (κ2) is 11.9. The number of rotatable bonds is 8. The van der Waals surface area contributed by atoms with E-state index in [1.807, 2.05) is 43.3 Å². The van der Waals surface area contributed by atoms with Crippen molar-refractivity contribution in [3.8, 4) is 5.75 Å². The molecule has 0 aliphatic rings. The van der Waals surface area contributed by atoms with Crippen molar-refractivity contribution in [3.63, 3.8) is 0 Å². The third kappa shape index (κ3) is 6.47. The molecule has 10 heteroatoms. The highest BCUT2D eigenvalue weighted by molar-refractivity contribution is 6.38. The van der Waals surface area contributed by atoms with E-state index in [2.05, 4.69) is 20.6 Å². The van der Waals surface area contributed by atoms with Crippen molar-refractivity contribution >= 4 is 51.7 Å². The quantitative estimate of drug-likeness (QED) is 0.318. The number of amides is 3. The molecule has 4 aromatic rings. The third-order valence-electron chi connectivity index (χ3n) is 5.67. The highest BCUT2D eigenvalue weighted by atomic mass is 35.5. The molecule has 0 saturated heterocycles. The number of carbonyl (C=O) groups is 2. The van der Waals surface area contributed by atoms with Crippen LogP contribution in [0.15, 0.2) is 67.0 Å². The molecule has 0 spiro atoms. The van der Waals surface area contributed by atoms with Crippen LogP contribution in [-0.4, -0.2) is 35.5 Å². The highest BCUT2D eigenvalue weighted by Gasteiger charge is 2.19. The first kappa shape index (κ1) is 26.2. The number of anilines is 1. The van der Waals surface area contributed by atoms with Crippen LogP contribution in [0.3, 0.4) is 0 Å². The smallest absolute Gasteiger partial charge is 0.315 e. The maximum Gasteiger partial charge on any atom is 0.315 e. The number of hydrogen-bond donors (Lipinski definition) is 2. The number of aryl methyl sites for hydroxylation is 1. The largest absolute Gasteiger partial charge is 0.487 e. The number of fused-ring (bicyclic) bond motifs is 1. The number of aromatic nitrogens is 2. The predicted molar refractivity (Wildman–Crippen MR) is 145 cm³/mol. The van der Waals surface area contributed by atoms with Crippen molar-refractivity contribution < 1.29 is 14.3 Å². The molecule has 8 nitrogen and oxygen atoms in total. The molecule has 190 valence electrons. The number of urea groups is 1. The molecule has 2 heterocycles. The van der Waals surface area contributed by atoms with E-state index in [9.17, 15) is 9.59 Å². The first-order valence-corrected chi connectivity index (χ1v) is 12.2. The Balaban J connectivity index is 1.40. The van der Waals surface area contributed by atoms with Crippen molar-refractivity contribution in [2.75, 3.05) is 18.5 Å². The van der Waals surface area contributed by atoms with Gasteiger partial charge in [-0.25, -0.2) is 9.78 Å². The van der Waals surface area contributed by atoms with Crippen LogP contribution < -0.4 is 20.3 Å². The monoisotopic (exact) mass is 537 g/mol. The summed E-state index contributed by atoms with van der Waals surface area (Å²) in [4.78, 5) is 34.8. The normalized spacial score (nSPS) is 10.7. The zero-order valence-corrected chi connectivity index (χ0v) is 21.8. The summed E-state index contributed by atoms with van der Waals surface area (Å²) in [6, 6.07) is 16.1. The fraction of sp³-hybridized carbons (Fsp3) is 0.185. The minimum absolute atomic E-state index is 0.0806. The van der Waals surface area contributed by atoms with Gasteiger partial charge in [0.2, 0.25) is 5.91 Å². The van der Waals surface area contributed by atoms with Crippen LogP contribution in [0.1, 0.15) is 16.8 Å². The van der Waals surface area contributed by atoms with E-state index < -0.39 is 6.03 Å². The fourth-order valence-electron chi connectivity index (χ4n) is 3.62. The van der Waals surface area contributed by atoms with E-state index >= 15 is 0 Å². The lowest BCUT2D eigenvalue weighted by atomic mass is 10.1. The molecule has 0 aliphatic heterocycles. The van der Waals surface area contributed by atoms with Gasteiger partial charge in [0.1, 0.15) is 17.9 Å². The van der Waals surface area contributed by atoms with Crippen LogP contribution in [0.5, 0.6) is 5.75 Å². The van der Waals surface area contributed by atoms with Crippen molar-refractivity contribution in [2.45, 2.75) is 20.1 Å². The Morgan fingerprint density at radius 1 is 1.03 bits per heavy atom. The predicted octanol–water partition coefficient (Wildman–Crippen LogP) is 5.29. The van der Waals surface area contributed by atoms with Gasteiger partial charge in [-0.05, 0) is 42.8 Å². The van der Waals surface area contributed by atoms with E-state index in [1.165, 1.54) is 4.90 Å². The summed E-state index contributed by atoms with van der Waals surface area (Å²) in [6.07, 6.45) is 3.31. The molecule has 3 amide bonds. The molecular weight excluding hydrogens is 513 g/mol. The van der Waals surface area contributed by atoms with Gasteiger partial charge in [-0.2, -0.15) is 0 Å². The second-order valence-corrected chi connectivity index (χ2v) is 9.06. The molecule has 0 aliphatic carbocycles. The maximum atomic E-state index is 12.8. The molecule has 2 N–H and O–H groups in total. The number of likely N-dealkylation sites (N-methyl/N-ethyl adjacent to an activating group) is 1. The summed E-state index contributed by atoms with van der Waals surface area (Å²) >= 11 is 13.1. The van der Waals surface area contributed by atoms with Gasteiger partial charge in [-0.3, -0.25) is 9.78 Å². The number of halogens is 2. The van der Waals surface area contributed by atoms with Gasteiger partial charge in [0.15, 0.2) is 0 Å². The van der Waals surface area contributed by atoms with Crippen molar-refractivity contribution in [1.29, 1.82) is 0 Å². The summed E-state index contributed by atoms with van der Waals surface area (Å²) in [5, 5.41) is 6.89. The van der Waals surface area contributed by atoms with Gasteiger partial charge < -0.3 is 20.3 Å². The number of ether oxygens (including phenoxy) is 1. The lowest BCUT2D eigenvalue weighted by Gasteiger charge is -2.21. The van der Waals surface area contributed by atoms with Gasteiger partial charge in [0.05, 0.1) is 17.3 Å². The summed E-state index contributed by atoms with van der Waals surface area (Å²) in [6.45, 7) is 2.07. The van der Waals surface area contributed by atoms with Gasteiger partial charge in [0.25, 0.3) is 0 Å². The maximum absolute atomic E-state index is 12.8. The first-order chi connectivity index (χ1) is 17.8. The van der Waals surface area contributed by atoms with Gasteiger partial charge in [-0.1, -0.05) is 47.5 Å². The molecule has 2 aromatic carbocycles. The third-order valence-corrected chi connectivity index (χ3v) is 6.45. The van der Waals surface area contributed by atoms with Crippen LogP contribution in [-0.2, 0) is 17.9 Å². The van der Waals surface area contributed by atoms with Gasteiger partial charge >= 0.3 is 6.03 Å². The zero-order chi connectivity index (χ0) is 26.4. The molecule has 0 saturated carbocycles. The van der Waals surface area contributed by atoms with Crippen molar-refractivity contribution in [2.24, 2.45) is 0 Å². The van der Waals surface area contributed by atoms with Crippen LogP contribution in [0.25, 0.3) is 10.9 Å². The Kier molecular flexibility index (Phi) is 8.43. The Labute approximate surface area is 224 Å². The van der Waals surface area contributed by atoms with Crippen LogP contribution in [0.4, 0.5) is 10.5 Å². The molecule has 0 fully saturated rings. The number of nitrogens with zero attached hydrogens (tertiary/aromatic N) is 3. The molecule has 0 unspecified atom stereocenters. The zero-order valence-electron chi connectivity index (χ0n) is 20.3. The minimum Gasteiger partial charge on any atom is -0.487 e. The first-order valence-electron chi connectivity index (χ1n) is 11.5. The average molecular weight is 538 g/mol. The summed E-state index contributed by atoms with van der Waals surface area (Å²) in [5.41, 5.74) is 3.44. The number of carbonyl (C=O) groups excluding carboxylic acids is 2. The minimum atomic E-state index is -0.471. The Bertz CT molecular complexity index is 1430. The van der Waals surface area contributed by atoms with E-state index in [4.69, 9.17) is 27.9 Å². The molecular formula is C27H25Cl2N5O3. The highest BCUT2D eigenvalue weighted by Crippen LogP contribution is 2.35. The second-order valence-electron chi connectivity index (χ2n) is 8.28. The standard InChI is InChI=1S/C27H25Cl2N5O3/c1-17-8-9-19-6-3-7-23(26(19)33-17)37-16-20-21(28)10-11-22(25(20)29)34(2)24(35)15-32-27(36)31-14-18-5-4-12-30-13-18/h3-13H,14-16H2,1-2H3,(H2,31,32,36). The SMILES string of the molecule is Cc1ccc2cccc(OCc3c(Cl)ccc(N(C)C(=O)CNC(=O)NCc4cccnc4)c3Cl)c2n1. The van der Waals surface area contributed by atoms with Crippen molar-refractivity contribution in [1.82, 2.24) is 20.6 Å². The molecule has 2 aromatic heterocycles. The van der Waals surface area contributed by atoms with E-state index in [-0.39, 0.29) is 24.1 Å². The topological polar surface area (TPSA) is 96.5 Å². The molecule has 37 heavy (non-hydrogen) atoms. The van der Waals surface area contributed by atoms with Gasteiger partial charge in [0, 0.05) is 47.7 Å². The van der Waals surface area contributed by atoms with Gasteiger partial charge in [-0.15, -0.1) is 0 Å². The number of nitrogens with one attached hydrogen (secondary N) is 2. The number of pyridine rings is 2. The lowest BCUT2D eigenvalue weighted by Crippen LogP contribution is -2.42. The number of para-hydroxylation sites is 1. The molecule has 0 bridgehead atoms. The number of hydrogen-bond acceptors (Lipinski definition) is 5. The summed E-state index contributed by atoms with van der Waals surface area (Å²) < 4.78 is 6.06. The van der Waals surface area contributed by atoms with Crippen LogP contribution in [0, 0.1) is 6.92 Å². The van der Waals surface area contributed by atoms with E-state index in [0.717, 1.165) is 22.2 Å². The van der Waals surface area contributed by atoms with Crippen molar-refractivity contribution in [3.05, 3.63) is 93.9 Å². The Morgan fingerprint density at radius 3 is 2.65 bits per heavy atom. The number of benzene rings is 2. The van der Waals surface area contributed by atoms with E-state index in [0.29, 0.717) is 28.6 Å². The summed E-state index contributed by atoms with van der Waals surface area (Å²) in [7, 11) is 1.58. The Hall–Kier alpha value is -3.88. The van der Waals surface area contributed by atoms with Crippen LogP contribution >= 0.6 is 23.2 Å². The average Bonchev–Trinajstić information content (AvgIpc) is 2.90. The summed E-state index contributed by atoms with van der Waals surface area (Å²) in [5.74, 6) is 0.242. The molecule has 0 radical (unpaired) electrons. The van der Waals surface area contributed by atoms with Crippen LogP contribution in [0.2, 0.25) is 10.0 Å².